The Kier molecular flexibility index (Phi) is 5.72. The van der Waals surface area contributed by atoms with Crippen LogP contribution < -0.4 is 15.9 Å². The predicted molar refractivity (Wildman–Crippen MR) is 117 cm³/mol. The fourth-order valence-electron chi connectivity index (χ4n) is 4.40. The number of aliphatic hydroxyl groups is 1. The molecule has 1 nitrogen and oxygen atoms in total. The van der Waals surface area contributed by atoms with Gasteiger partial charge >= 0.3 is 0 Å². The molecule has 3 aromatic carbocycles. The number of benzene rings is 3. The Bertz CT molecular complexity index is 822. The van der Waals surface area contributed by atoms with Crippen molar-refractivity contribution in [3.8, 4) is 0 Å². The average Bonchev–Trinajstić information content (AvgIpc) is 3.16. The lowest BCUT2D eigenvalue weighted by molar-refractivity contribution is 0.0910. The van der Waals surface area contributed by atoms with Crippen molar-refractivity contribution in [1.29, 1.82) is 0 Å². The van der Waals surface area contributed by atoms with Gasteiger partial charge in [0.25, 0.3) is 0 Å². The predicted octanol–water partition coefficient (Wildman–Crippen LogP) is 4.91. The van der Waals surface area contributed by atoms with Gasteiger partial charge < -0.3 is 5.11 Å². The summed E-state index contributed by atoms with van der Waals surface area (Å²) in [5.41, 5.74) is 1.12. The van der Waals surface area contributed by atoms with Crippen LogP contribution in [-0.2, 0) is 0 Å². The van der Waals surface area contributed by atoms with Gasteiger partial charge in [0.2, 0.25) is 0 Å². The third kappa shape index (κ3) is 3.86. The molecular weight excluding hydrogens is 347 g/mol. The molecule has 0 radical (unpaired) electrons. The molecule has 138 valence electrons. The van der Waals surface area contributed by atoms with E-state index in [2.05, 4.69) is 91.9 Å². The number of rotatable bonds is 5. The molecule has 3 atom stereocenters. The maximum atomic E-state index is 11.3. The lowest BCUT2D eigenvalue weighted by Crippen LogP contribution is -2.27. The van der Waals surface area contributed by atoms with Crippen LogP contribution in [0.15, 0.2) is 84.9 Å². The average molecular weight is 374 g/mol. The highest BCUT2D eigenvalue weighted by molar-refractivity contribution is 7.79. The fourth-order valence-corrected chi connectivity index (χ4v) is 6.89. The first-order chi connectivity index (χ1) is 13.3. The molecule has 3 aromatic rings. The molecule has 0 saturated heterocycles. The van der Waals surface area contributed by atoms with Crippen LogP contribution >= 0.6 is 7.92 Å². The lowest BCUT2D eigenvalue weighted by Gasteiger charge is -2.28. The Labute approximate surface area is 163 Å². The zero-order valence-electron chi connectivity index (χ0n) is 15.8. The van der Waals surface area contributed by atoms with Gasteiger partial charge in [0, 0.05) is 0 Å². The van der Waals surface area contributed by atoms with Crippen molar-refractivity contribution in [3.63, 3.8) is 0 Å². The van der Waals surface area contributed by atoms with Crippen LogP contribution in [0.3, 0.4) is 0 Å². The lowest BCUT2D eigenvalue weighted by atomic mass is 9.88. The largest absolute Gasteiger partial charge is 0.388 e. The Balaban J connectivity index is 1.82. The highest BCUT2D eigenvalue weighted by Crippen LogP contribution is 2.42. The first kappa shape index (κ1) is 18.4. The minimum Gasteiger partial charge on any atom is -0.388 e. The summed E-state index contributed by atoms with van der Waals surface area (Å²) < 4.78 is 0. The van der Waals surface area contributed by atoms with Gasteiger partial charge in [0.1, 0.15) is 0 Å². The van der Waals surface area contributed by atoms with Crippen molar-refractivity contribution >= 4 is 23.8 Å². The number of hydrogen-bond donors (Lipinski definition) is 1. The number of hydrogen-bond acceptors (Lipinski definition) is 1. The molecule has 0 aromatic heterocycles. The Morgan fingerprint density at radius 2 is 1.33 bits per heavy atom. The van der Waals surface area contributed by atoms with Crippen LogP contribution in [0.1, 0.15) is 37.9 Å². The minimum absolute atomic E-state index is 0.370. The van der Waals surface area contributed by atoms with Gasteiger partial charge in [0.05, 0.1) is 6.10 Å². The van der Waals surface area contributed by atoms with Gasteiger partial charge in [0.15, 0.2) is 0 Å². The second kappa shape index (κ2) is 8.38. The molecule has 3 unspecified atom stereocenters. The molecule has 2 heteroatoms. The van der Waals surface area contributed by atoms with E-state index in [1.807, 2.05) is 0 Å². The molecular formula is C25H27OP. The van der Waals surface area contributed by atoms with E-state index in [4.69, 9.17) is 0 Å². The molecule has 1 aliphatic rings. The van der Waals surface area contributed by atoms with Gasteiger partial charge in [-0.05, 0) is 47.7 Å². The second-order valence-electron chi connectivity index (χ2n) is 7.58. The van der Waals surface area contributed by atoms with E-state index in [0.717, 1.165) is 12.0 Å². The quantitative estimate of drug-likeness (QED) is 0.629. The molecule has 0 aliphatic heterocycles. The summed E-state index contributed by atoms with van der Waals surface area (Å²) in [6.45, 7) is 2.29. The minimum atomic E-state index is -0.688. The van der Waals surface area contributed by atoms with Gasteiger partial charge in [-0.2, -0.15) is 0 Å². The van der Waals surface area contributed by atoms with E-state index >= 15 is 0 Å². The normalized spacial score (nSPS) is 20.7. The highest BCUT2D eigenvalue weighted by Gasteiger charge is 2.33. The molecule has 0 spiro atoms. The summed E-state index contributed by atoms with van der Waals surface area (Å²) >= 11 is 0. The molecule has 0 heterocycles. The Morgan fingerprint density at radius 3 is 1.89 bits per heavy atom. The Hall–Kier alpha value is -1.95. The zero-order valence-corrected chi connectivity index (χ0v) is 16.7. The SMILES string of the molecule is CC1CCCC1C(O)c1ccccc1P(c1ccccc1)c1ccccc1. The maximum Gasteiger partial charge on any atom is 0.0827 e. The van der Waals surface area contributed by atoms with Crippen LogP contribution in [0, 0.1) is 11.8 Å². The molecule has 1 aliphatic carbocycles. The van der Waals surface area contributed by atoms with Crippen molar-refractivity contribution in [2.24, 2.45) is 11.8 Å². The summed E-state index contributed by atoms with van der Waals surface area (Å²) in [6, 6.07) is 30.1. The van der Waals surface area contributed by atoms with Crippen LogP contribution in [-0.4, -0.2) is 5.11 Å². The van der Waals surface area contributed by atoms with Crippen LogP contribution in [0.2, 0.25) is 0 Å². The van der Waals surface area contributed by atoms with Crippen LogP contribution in [0.25, 0.3) is 0 Å². The molecule has 1 fully saturated rings. The van der Waals surface area contributed by atoms with E-state index in [9.17, 15) is 5.11 Å². The van der Waals surface area contributed by atoms with Gasteiger partial charge in [-0.25, -0.2) is 0 Å². The third-order valence-corrected chi connectivity index (χ3v) is 8.38. The van der Waals surface area contributed by atoms with E-state index in [1.54, 1.807) is 0 Å². The van der Waals surface area contributed by atoms with Crippen LogP contribution in [0.5, 0.6) is 0 Å². The van der Waals surface area contributed by atoms with Gasteiger partial charge in [-0.3, -0.25) is 0 Å². The summed E-state index contributed by atoms with van der Waals surface area (Å²) in [5.74, 6) is 0.960. The Morgan fingerprint density at radius 1 is 0.778 bits per heavy atom. The zero-order chi connectivity index (χ0) is 18.6. The first-order valence-corrected chi connectivity index (χ1v) is 11.3. The van der Waals surface area contributed by atoms with Crippen molar-refractivity contribution < 1.29 is 5.11 Å². The molecule has 27 heavy (non-hydrogen) atoms. The summed E-state index contributed by atoms with van der Waals surface area (Å²) in [7, 11) is -0.688. The van der Waals surface area contributed by atoms with Crippen molar-refractivity contribution in [1.82, 2.24) is 0 Å². The molecule has 4 rings (SSSR count). The molecule has 1 saturated carbocycles. The first-order valence-electron chi connectivity index (χ1n) is 9.93. The summed E-state index contributed by atoms with van der Waals surface area (Å²) in [4.78, 5) is 0. The van der Waals surface area contributed by atoms with E-state index in [0.29, 0.717) is 11.8 Å². The summed E-state index contributed by atoms with van der Waals surface area (Å²) in [6.07, 6.45) is 3.22. The van der Waals surface area contributed by atoms with Crippen LogP contribution in [0.4, 0.5) is 0 Å². The van der Waals surface area contributed by atoms with E-state index < -0.39 is 7.92 Å². The third-order valence-electron chi connectivity index (χ3n) is 5.86. The monoisotopic (exact) mass is 374 g/mol. The smallest absolute Gasteiger partial charge is 0.0827 e. The van der Waals surface area contributed by atoms with Crippen molar-refractivity contribution in [2.75, 3.05) is 0 Å². The standard InChI is InChI=1S/C25H27OP/c1-19-11-10-17-22(19)25(26)23-16-8-9-18-24(23)27(20-12-4-2-5-13-20)21-14-6-3-7-15-21/h2-9,12-16,18-19,22,25-26H,10-11,17H2,1H3. The second-order valence-corrected chi connectivity index (χ2v) is 9.77. The molecule has 1 N–H and O–H groups in total. The molecule has 0 bridgehead atoms. The maximum absolute atomic E-state index is 11.3. The van der Waals surface area contributed by atoms with E-state index in [1.165, 1.54) is 28.8 Å². The van der Waals surface area contributed by atoms with Crippen molar-refractivity contribution in [2.45, 2.75) is 32.3 Å². The highest BCUT2D eigenvalue weighted by atomic mass is 31.1. The topological polar surface area (TPSA) is 20.2 Å². The number of aliphatic hydroxyl groups excluding tert-OH is 1. The molecule has 0 amide bonds. The van der Waals surface area contributed by atoms with Gasteiger partial charge in [-0.15, -0.1) is 0 Å². The fraction of sp³-hybridized carbons (Fsp3) is 0.280. The van der Waals surface area contributed by atoms with Crippen molar-refractivity contribution in [3.05, 3.63) is 90.5 Å². The van der Waals surface area contributed by atoms with Gasteiger partial charge in [-0.1, -0.05) is 105 Å². The van der Waals surface area contributed by atoms with E-state index in [-0.39, 0.29) is 6.10 Å². The summed E-state index contributed by atoms with van der Waals surface area (Å²) in [5, 5.41) is 15.3.